The molecule has 1 aliphatic rings. The first kappa shape index (κ1) is 23.3. The van der Waals surface area contributed by atoms with Crippen LogP contribution < -0.4 is 10.2 Å². The zero-order valence-corrected chi connectivity index (χ0v) is 20.8. The van der Waals surface area contributed by atoms with Crippen LogP contribution in [0.2, 0.25) is 5.02 Å². The van der Waals surface area contributed by atoms with Crippen LogP contribution in [0.25, 0.3) is 11.3 Å². The Labute approximate surface area is 213 Å². The first-order chi connectivity index (χ1) is 16.9. The molecule has 1 saturated heterocycles. The number of carbonyl (C=O) groups is 1. The maximum atomic E-state index is 14.6. The van der Waals surface area contributed by atoms with Gasteiger partial charge in [0, 0.05) is 41.7 Å². The summed E-state index contributed by atoms with van der Waals surface area (Å²) in [6.45, 7) is 3.93. The largest absolute Gasteiger partial charge is 0.341 e. The van der Waals surface area contributed by atoms with Crippen molar-refractivity contribution in [2.45, 2.75) is 19.4 Å². The molecule has 0 spiro atoms. The molecular formula is C23H19BrClFN8O. The molecule has 0 radical (unpaired) electrons. The van der Waals surface area contributed by atoms with E-state index in [0.717, 1.165) is 31.0 Å². The number of halogens is 3. The molecule has 9 nitrogen and oxygen atoms in total. The van der Waals surface area contributed by atoms with E-state index in [1.54, 1.807) is 29.3 Å². The Bertz CT molecular complexity index is 1390. The van der Waals surface area contributed by atoms with Crippen LogP contribution in [-0.2, 0) is 0 Å². The van der Waals surface area contributed by atoms with Gasteiger partial charge in [0.1, 0.15) is 5.69 Å². The number of nitrogens with one attached hydrogen (secondary N) is 1. The summed E-state index contributed by atoms with van der Waals surface area (Å²) in [6.07, 6.45) is 10.7. The van der Waals surface area contributed by atoms with Crippen molar-refractivity contribution in [2.24, 2.45) is 0 Å². The lowest BCUT2D eigenvalue weighted by Crippen LogP contribution is -2.38. The molecule has 0 aliphatic carbocycles. The summed E-state index contributed by atoms with van der Waals surface area (Å²) in [5.41, 5.74) is 1.69. The fourth-order valence-corrected chi connectivity index (χ4v) is 4.21. The van der Waals surface area contributed by atoms with E-state index in [9.17, 15) is 9.18 Å². The number of hydrogen-bond donors (Lipinski definition) is 1. The third-order valence-electron chi connectivity index (χ3n) is 5.70. The topological polar surface area (TPSA) is 102 Å². The Morgan fingerprint density at radius 3 is 2.66 bits per heavy atom. The highest BCUT2D eigenvalue weighted by molar-refractivity contribution is 9.10. The Kier molecular flexibility index (Phi) is 6.44. The molecule has 4 heterocycles. The molecule has 1 fully saturated rings. The number of anilines is 2. The lowest BCUT2D eigenvalue weighted by atomic mass is 10.1. The first-order valence-electron chi connectivity index (χ1n) is 10.8. The average Bonchev–Trinajstić information content (AvgIpc) is 3.29. The van der Waals surface area contributed by atoms with Crippen LogP contribution in [0.3, 0.4) is 0 Å². The van der Waals surface area contributed by atoms with Crippen molar-refractivity contribution < 1.29 is 9.18 Å². The lowest BCUT2D eigenvalue weighted by molar-refractivity contribution is 0.102. The number of hydrogen-bond acceptors (Lipinski definition) is 7. The number of benzene rings is 1. The van der Waals surface area contributed by atoms with Crippen molar-refractivity contribution >= 4 is 45.1 Å². The molecule has 0 saturated carbocycles. The third-order valence-corrected chi connectivity index (χ3v) is 6.66. The van der Waals surface area contributed by atoms with E-state index in [0.29, 0.717) is 10.2 Å². The fraction of sp³-hybridized carbons (Fsp3) is 0.217. The van der Waals surface area contributed by atoms with E-state index in [-0.39, 0.29) is 28.0 Å². The molecule has 1 aliphatic heterocycles. The highest BCUT2D eigenvalue weighted by Gasteiger charge is 2.19. The number of amides is 1. The van der Waals surface area contributed by atoms with Gasteiger partial charge in [-0.05, 0) is 41.4 Å². The summed E-state index contributed by atoms with van der Waals surface area (Å²) in [5, 5.41) is 7.05. The van der Waals surface area contributed by atoms with Gasteiger partial charge in [0.05, 0.1) is 46.6 Å². The van der Waals surface area contributed by atoms with Crippen molar-refractivity contribution in [1.29, 1.82) is 0 Å². The van der Waals surface area contributed by atoms with Gasteiger partial charge in [0.2, 0.25) is 5.95 Å². The summed E-state index contributed by atoms with van der Waals surface area (Å²) in [6, 6.07) is 2.89. The minimum Gasteiger partial charge on any atom is -0.341 e. The maximum Gasteiger partial charge on any atom is 0.275 e. The highest BCUT2D eigenvalue weighted by atomic mass is 79.9. The molecule has 35 heavy (non-hydrogen) atoms. The molecular weight excluding hydrogens is 539 g/mol. The minimum atomic E-state index is -0.648. The van der Waals surface area contributed by atoms with Crippen LogP contribution >= 0.6 is 27.5 Å². The first-order valence-corrected chi connectivity index (χ1v) is 12.0. The molecule has 178 valence electrons. The van der Waals surface area contributed by atoms with Gasteiger partial charge in [-0.15, -0.1) is 0 Å². The van der Waals surface area contributed by atoms with Crippen molar-refractivity contribution in [3.8, 4) is 11.3 Å². The number of carbonyl (C=O) groups excluding carboxylic acids is 1. The highest BCUT2D eigenvalue weighted by Crippen LogP contribution is 2.33. The van der Waals surface area contributed by atoms with Gasteiger partial charge >= 0.3 is 0 Å². The summed E-state index contributed by atoms with van der Waals surface area (Å²) >= 11 is 9.20. The van der Waals surface area contributed by atoms with Crippen molar-refractivity contribution in [3.63, 3.8) is 0 Å². The Morgan fingerprint density at radius 2 is 1.94 bits per heavy atom. The molecule has 1 atom stereocenters. The molecule has 1 N–H and O–H groups in total. The zero-order valence-electron chi connectivity index (χ0n) is 18.5. The smallest absolute Gasteiger partial charge is 0.275 e. The summed E-state index contributed by atoms with van der Waals surface area (Å²) in [7, 11) is 0. The van der Waals surface area contributed by atoms with Crippen molar-refractivity contribution in [1.82, 2.24) is 29.7 Å². The van der Waals surface area contributed by atoms with E-state index in [1.807, 2.05) is 6.92 Å². The Hall–Kier alpha value is -3.44. The van der Waals surface area contributed by atoms with E-state index < -0.39 is 11.7 Å². The van der Waals surface area contributed by atoms with Gasteiger partial charge in [-0.1, -0.05) is 11.6 Å². The van der Waals surface area contributed by atoms with E-state index in [4.69, 9.17) is 11.6 Å². The molecule has 12 heteroatoms. The second-order valence-electron chi connectivity index (χ2n) is 8.00. The monoisotopic (exact) mass is 556 g/mol. The van der Waals surface area contributed by atoms with Crippen LogP contribution in [0.4, 0.5) is 16.0 Å². The van der Waals surface area contributed by atoms with E-state index in [2.05, 4.69) is 51.2 Å². The normalized spacial score (nSPS) is 13.9. The molecule has 1 aromatic carbocycles. The van der Waals surface area contributed by atoms with Gasteiger partial charge in [0.25, 0.3) is 5.91 Å². The van der Waals surface area contributed by atoms with Crippen LogP contribution in [-0.4, -0.2) is 48.7 Å². The van der Waals surface area contributed by atoms with E-state index in [1.165, 1.54) is 24.7 Å². The second-order valence-corrected chi connectivity index (χ2v) is 9.27. The van der Waals surface area contributed by atoms with Gasteiger partial charge in [-0.2, -0.15) is 5.10 Å². The predicted molar refractivity (Wildman–Crippen MR) is 133 cm³/mol. The SMILES string of the molecule is CC(c1cnc(N2CCC2)nc1)n1cc(NC(=O)c2cncc(-c3c(Br)ccc(Cl)c3F)n2)cn1. The summed E-state index contributed by atoms with van der Waals surface area (Å²) in [4.78, 5) is 32.1. The Morgan fingerprint density at radius 1 is 1.17 bits per heavy atom. The fourth-order valence-electron chi connectivity index (χ4n) is 3.55. The average molecular weight is 558 g/mol. The quantitative estimate of drug-likeness (QED) is 0.341. The van der Waals surface area contributed by atoms with Crippen LogP contribution in [0, 0.1) is 5.82 Å². The van der Waals surface area contributed by atoms with Gasteiger partial charge in [0.15, 0.2) is 5.82 Å². The van der Waals surface area contributed by atoms with Gasteiger partial charge in [-0.25, -0.2) is 19.3 Å². The standard InChI is InChI=1S/C23H19BrClFN8O/c1-13(14-7-28-23(29-8-14)33-5-2-6-33)34-12-15(9-30-34)31-22(35)19-11-27-10-18(32-19)20-16(24)3-4-17(25)21(20)26/h3-4,7-13H,2,5-6H2,1H3,(H,31,35). The lowest BCUT2D eigenvalue weighted by Gasteiger charge is -2.30. The van der Waals surface area contributed by atoms with Gasteiger partial charge < -0.3 is 10.2 Å². The van der Waals surface area contributed by atoms with Crippen LogP contribution in [0.15, 0.2) is 53.8 Å². The Balaban J connectivity index is 1.30. The number of nitrogens with zero attached hydrogens (tertiary/aromatic N) is 7. The number of aromatic nitrogens is 6. The predicted octanol–water partition coefficient (Wildman–Crippen LogP) is 4.76. The molecule has 0 bridgehead atoms. The van der Waals surface area contributed by atoms with E-state index >= 15 is 0 Å². The summed E-state index contributed by atoms with van der Waals surface area (Å²) in [5.74, 6) is -0.425. The maximum absolute atomic E-state index is 14.6. The van der Waals surface area contributed by atoms with Crippen molar-refractivity contribution in [3.05, 3.63) is 75.9 Å². The van der Waals surface area contributed by atoms with Crippen LogP contribution in [0.5, 0.6) is 0 Å². The van der Waals surface area contributed by atoms with Crippen LogP contribution in [0.1, 0.15) is 35.4 Å². The third kappa shape index (κ3) is 4.73. The molecule has 1 amide bonds. The van der Waals surface area contributed by atoms with Crippen molar-refractivity contribution in [2.75, 3.05) is 23.3 Å². The molecule has 1 unspecified atom stereocenters. The minimum absolute atomic E-state index is 0.0181. The second kappa shape index (κ2) is 9.67. The molecule has 5 rings (SSSR count). The zero-order chi connectivity index (χ0) is 24.5. The van der Waals surface area contributed by atoms with Gasteiger partial charge in [-0.3, -0.25) is 14.5 Å². The summed E-state index contributed by atoms with van der Waals surface area (Å²) < 4.78 is 16.7. The molecule has 3 aromatic heterocycles. The number of rotatable bonds is 6. The molecule has 4 aromatic rings.